The van der Waals surface area contributed by atoms with Crippen LogP contribution >= 0.6 is 39.1 Å². The highest BCUT2D eigenvalue weighted by Gasteiger charge is 2.37. The third-order valence-electron chi connectivity index (χ3n) is 2.37. The molecule has 0 fully saturated rings. The van der Waals surface area contributed by atoms with Gasteiger partial charge in [-0.05, 0) is 30.7 Å². The molecule has 1 aliphatic heterocycles. The molecule has 0 unspecified atom stereocenters. The summed E-state index contributed by atoms with van der Waals surface area (Å²) in [4.78, 5) is 24.4. The first-order chi connectivity index (χ1) is 7.93. The highest BCUT2D eigenvalue weighted by molar-refractivity contribution is 9.10. The molecule has 2 rings (SSSR count). The van der Waals surface area contributed by atoms with Gasteiger partial charge in [-0.1, -0.05) is 39.1 Å². The van der Waals surface area contributed by atoms with E-state index in [0.29, 0.717) is 5.69 Å². The van der Waals surface area contributed by atoms with Gasteiger partial charge < -0.3 is 0 Å². The number of amides is 2. The van der Waals surface area contributed by atoms with Gasteiger partial charge in [-0.3, -0.25) is 9.59 Å². The third kappa shape index (κ3) is 2.01. The topological polar surface area (TPSA) is 37.4 Å². The zero-order valence-corrected chi connectivity index (χ0v) is 11.7. The number of hydrogen-bond acceptors (Lipinski definition) is 2. The SMILES string of the molecule is Cc1cc(N2C(=O)C(Cl)=C(Cl)C2=O)ccc1Br. The summed E-state index contributed by atoms with van der Waals surface area (Å²) in [5.74, 6) is -1.19. The third-order valence-corrected chi connectivity index (χ3v) is 4.06. The van der Waals surface area contributed by atoms with Crippen molar-refractivity contribution < 1.29 is 9.59 Å². The molecule has 1 heterocycles. The first-order valence-electron chi connectivity index (χ1n) is 4.63. The van der Waals surface area contributed by atoms with Crippen LogP contribution in [0.1, 0.15) is 5.56 Å². The lowest BCUT2D eigenvalue weighted by Crippen LogP contribution is -2.30. The van der Waals surface area contributed by atoms with Crippen molar-refractivity contribution in [2.45, 2.75) is 6.92 Å². The van der Waals surface area contributed by atoms with E-state index in [4.69, 9.17) is 23.2 Å². The Morgan fingerprint density at radius 3 is 2.12 bits per heavy atom. The van der Waals surface area contributed by atoms with Crippen LogP contribution in [0, 0.1) is 6.92 Å². The second kappa shape index (κ2) is 4.44. The minimum Gasteiger partial charge on any atom is -0.267 e. The molecule has 0 aliphatic carbocycles. The quantitative estimate of drug-likeness (QED) is 0.739. The van der Waals surface area contributed by atoms with Crippen LogP contribution in [0.15, 0.2) is 32.7 Å². The number of aryl methyl sites for hydroxylation is 1. The normalized spacial score (nSPS) is 16.1. The molecule has 1 aromatic carbocycles. The lowest BCUT2D eigenvalue weighted by molar-refractivity contribution is -0.120. The average molecular weight is 335 g/mol. The molecule has 0 saturated heterocycles. The van der Waals surface area contributed by atoms with Crippen molar-refractivity contribution in [2.75, 3.05) is 4.90 Å². The fraction of sp³-hybridized carbons (Fsp3) is 0.0909. The van der Waals surface area contributed by atoms with Crippen molar-refractivity contribution in [3.05, 3.63) is 38.3 Å². The van der Waals surface area contributed by atoms with Gasteiger partial charge in [0.05, 0.1) is 5.69 Å². The zero-order chi connectivity index (χ0) is 12.7. The van der Waals surface area contributed by atoms with Crippen LogP contribution in [0.3, 0.4) is 0 Å². The standard InChI is InChI=1S/C11H6BrCl2NO2/c1-5-4-6(2-3-7(5)12)15-10(16)8(13)9(14)11(15)17/h2-4H,1H3. The molecule has 1 aliphatic rings. The maximum absolute atomic E-state index is 11.7. The van der Waals surface area contributed by atoms with Crippen molar-refractivity contribution in [3.63, 3.8) is 0 Å². The van der Waals surface area contributed by atoms with Crippen LogP contribution in [0.5, 0.6) is 0 Å². The van der Waals surface area contributed by atoms with Gasteiger partial charge in [0, 0.05) is 4.47 Å². The Labute approximate surface area is 116 Å². The van der Waals surface area contributed by atoms with Crippen LogP contribution in [-0.4, -0.2) is 11.8 Å². The fourth-order valence-electron chi connectivity index (χ4n) is 1.48. The smallest absolute Gasteiger partial charge is 0.267 e. The Balaban J connectivity index is 2.47. The number of anilines is 1. The van der Waals surface area contributed by atoms with Gasteiger partial charge >= 0.3 is 0 Å². The molecule has 17 heavy (non-hydrogen) atoms. The molecule has 0 saturated carbocycles. The second-order valence-electron chi connectivity index (χ2n) is 3.51. The Kier molecular flexibility index (Phi) is 3.30. The summed E-state index contributed by atoms with van der Waals surface area (Å²) in [5, 5.41) is -0.477. The van der Waals surface area contributed by atoms with Crippen LogP contribution < -0.4 is 4.90 Å². The van der Waals surface area contributed by atoms with Crippen LogP contribution in [-0.2, 0) is 9.59 Å². The van der Waals surface area contributed by atoms with Gasteiger partial charge in [-0.25, -0.2) is 4.90 Å². The minimum atomic E-state index is -0.594. The van der Waals surface area contributed by atoms with Crippen LogP contribution in [0.2, 0.25) is 0 Å². The largest absolute Gasteiger partial charge is 0.278 e. The summed E-state index contributed by atoms with van der Waals surface area (Å²) in [5.41, 5.74) is 1.36. The number of benzene rings is 1. The average Bonchev–Trinajstić information content (AvgIpc) is 2.48. The van der Waals surface area contributed by atoms with Crippen molar-refractivity contribution >= 4 is 56.6 Å². The molecule has 3 nitrogen and oxygen atoms in total. The molecule has 2 amide bonds. The Morgan fingerprint density at radius 1 is 1.12 bits per heavy atom. The van der Waals surface area contributed by atoms with E-state index in [1.165, 1.54) is 0 Å². The van der Waals surface area contributed by atoms with Gasteiger partial charge in [-0.15, -0.1) is 0 Å². The molecule has 0 radical (unpaired) electrons. The highest BCUT2D eigenvalue weighted by atomic mass is 79.9. The highest BCUT2D eigenvalue weighted by Crippen LogP contribution is 2.32. The van der Waals surface area contributed by atoms with E-state index in [-0.39, 0.29) is 10.1 Å². The van der Waals surface area contributed by atoms with E-state index in [2.05, 4.69) is 15.9 Å². The maximum atomic E-state index is 11.7. The van der Waals surface area contributed by atoms with Crippen molar-refractivity contribution in [3.8, 4) is 0 Å². The first-order valence-corrected chi connectivity index (χ1v) is 6.18. The van der Waals surface area contributed by atoms with Gasteiger partial charge in [0.15, 0.2) is 0 Å². The number of carbonyl (C=O) groups is 2. The number of nitrogens with zero attached hydrogens (tertiary/aromatic N) is 1. The van der Waals surface area contributed by atoms with E-state index in [1.54, 1.807) is 18.2 Å². The Morgan fingerprint density at radius 2 is 1.65 bits per heavy atom. The van der Waals surface area contributed by atoms with Crippen molar-refractivity contribution in [1.82, 2.24) is 0 Å². The van der Waals surface area contributed by atoms with Crippen molar-refractivity contribution in [1.29, 1.82) is 0 Å². The number of halogens is 3. The monoisotopic (exact) mass is 333 g/mol. The van der Waals surface area contributed by atoms with E-state index < -0.39 is 11.8 Å². The lowest BCUT2D eigenvalue weighted by Gasteiger charge is -2.15. The minimum absolute atomic E-state index is 0.239. The summed E-state index contributed by atoms with van der Waals surface area (Å²) in [6, 6.07) is 5.11. The Bertz CT molecular complexity index is 545. The molecular formula is C11H6BrCl2NO2. The molecule has 88 valence electrons. The predicted octanol–water partition coefficient (Wildman–Crippen LogP) is 3.32. The fourth-order valence-corrected chi connectivity index (χ4v) is 2.06. The van der Waals surface area contributed by atoms with E-state index in [9.17, 15) is 9.59 Å². The van der Waals surface area contributed by atoms with E-state index >= 15 is 0 Å². The first kappa shape index (κ1) is 12.6. The summed E-state index contributed by atoms with van der Waals surface area (Å²) in [7, 11) is 0. The molecular weight excluding hydrogens is 329 g/mol. The Hall–Kier alpha value is -0.840. The van der Waals surface area contributed by atoms with E-state index in [1.807, 2.05) is 6.92 Å². The molecule has 1 aromatic rings. The van der Waals surface area contributed by atoms with Gasteiger partial charge in [-0.2, -0.15) is 0 Å². The molecule has 0 N–H and O–H groups in total. The summed E-state index contributed by atoms with van der Waals surface area (Å²) in [6.45, 7) is 1.86. The molecule has 0 atom stereocenters. The number of carbonyl (C=O) groups excluding carboxylic acids is 2. The molecule has 0 aromatic heterocycles. The van der Waals surface area contributed by atoms with Crippen molar-refractivity contribution in [2.24, 2.45) is 0 Å². The van der Waals surface area contributed by atoms with Gasteiger partial charge in [0.25, 0.3) is 11.8 Å². The lowest BCUT2D eigenvalue weighted by atomic mass is 10.2. The maximum Gasteiger partial charge on any atom is 0.278 e. The summed E-state index contributed by atoms with van der Waals surface area (Å²) in [6.07, 6.45) is 0. The van der Waals surface area contributed by atoms with Crippen LogP contribution in [0.4, 0.5) is 5.69 Å². The van der Waals surface area contributed by atoms with E-state index in [0.717, 1.165) is 14.9 Å². The number of rotatable bonds is 1. The van der Waals surface area contributed by atoms with Crippen LogP contribution in [0.25, 0.3) is 0 Å². The zero-order valence-electron chi connectivity index (χ0n) is 8.63. The van der Waals surface area contributed by atoms with Gasteiger partial charge in [0.1, 0.15) is 10.1 Å². The summed E-state index contributed by atoms with van der Waals surface area (Å²) >= 11 is 14.6. The molecule has 6 heteroatoms. The number of imide groups is 1. The van der Waals surface area contributed by atoms with Gasteiger partial charge in [0.2, 0.25) is 0 Å². The molecule has 0 bridgehead atoms. The second-order valence-corrected chi connectivity index (χ2v) is 5.12. The summed E-state index contributed by atoms with van der Waals surface area (Å²) < 4.78 is 0.894. The predicted molar refractivity (Wildman–Crippen MR) is 70.1 cm³/mol. The number of hydrogen-bond donors (Lipinski definition) is 0. The molecule has 0 spiro atoms.